The molecule has 0 saturated heterocycles. The first-order valence-electron chi connectivity index (χ1n) is 6.51. The highest BCUT2D eigenvalue weighted by Gasteiger charge is 2.11. The molecule has 0 spiro atoms. The largest absolute Gasteiger partial charge is 0.376 e. The van der Waals surface area contributed by atoms with Crippen molar-refractivity contribution in [2.24, 2.45) is 0 Å². The minimum Gasteiger partial charge on any atom is -0.376 e. The number of anilines is 1. The predicted molar refractivity (Wildman–Crippen MR) is 90.5 cm³/mol. The fourth-order valence-corrected chi connectivity index (χ4v) is 3.78. The van der Waals surface area contributed by atoms with Crippen LogP contribution in [-0.2, 0) is 0 Å². The second-order valence-corrected chi connectivity index (χ2v) is 6.88. The van der Waals surface area contributed by atoms with Crippen molar-refractivity contribution in [3.63, 3.8) is 0 Å². The minimum atomic E-state index is 0.195. The Bertz CT molecular complexity index is 698. The second kappa shape index (κ2) is 5.54. The quantitative estimate of drug-likeness (QED) is 0.673. The van der Waals surface area contributed by atoms with Crippen LogP contribution in [0.15, 0.2) is 46.9 Å². The molecule has 1 N–H and O–H groups in total. The lowest BCUT2D eigenvalue weighted by Crippen LogP contribution is -2.06. The smallest absolute Gasteiger partial charge is 0.116 e. The SMILES string of the molecule is Cc1cc(Br)cc(NC(C)c2nc3ccccc3s2)c1. The third-order valence-electron chi connectivity index (χ3n) is 3.11. The van der Waals surface area contributed by atoms with Crippen LogP contribution in [0.4, 0.5) is 5.69 Å². The fourth-order valence-electron chi connectivity index (χ4n) is 2.21. The highest BCUT2D eigenvalue weighted by Crippen LogP contribution is 2.29. The molecule has 1 atom stereocenters. The van der Waals surface area contributed by atoms with Gasteiger partial charge in [-0.2, -0.15) is 0 Å². The van der Waals surface area contributed by atoms with Crippen molar-refractivity contribution >= 4 is 43.2 Å². The Labute approximate surface area is 131 Å². The average molecular weight is 347 g/mol. The highest BCUT2D eigenvalue weighted by molar-refractivity contribution is 9.10. The van der Waals surface area contributed by atoms with Crippen LogP contribution in [0.25, 0.3) is 10.2 Å². The maximum atomic E-state index is 4.70. The Morgan fingerprint density at radius 2 is 2.00 bits per heavy atom. The number of aryl methyl sites for hydroxylation is 1. The van der Waals surface area contributed by atoms with Gasteiger partial charge in [-0.05, 0) is 49.7 Å². The molecule has 1 unspecified atom stereocenters. The summed E-state index contributed by atoms with van der Waals surface area (Å²) in [6.45, 7) is 4.24. The first-order chi connectivity index (χ1) is 9.61. The van der Waals surface area contributed by atoms with E-state index in [0.717, 1.165) is 20.7 Å². The van der Waals surface area contributed by atoms with E-state index >= 15 is 0 Å². The standard InChI is InChI=1S/C16H15BrN2S/c1-10-7-12(17)9-13(8-10)18-11(2)16-19-14-5-3-4-6-15(14)20-16/h3-9,11,18H,1-2H3. The molecule has 2 aromatic carbocycles. The van der Waals surface area contributed by atoms with Crippen LogP contribution in [0.2, 0.25) is 0 Å². The van der Waals surface area contributed by atoms with E-state index in [1.54, 1.807) is 11.3 Å². The number of hydrogen-bond donors (Lipinski definition) is 1. The first kappa shape index (κ1) is 13.6. The number of hydrogen-bond acceptors (Lipinski definition) is 3. The number of halogens is 1. The van der Waals surface area contributed by atoms with Crippen molar-refractivity contribution in [2.75, 3.05) is 5.32 Å². The van der Waals surface area contributed by atoms with E-state index in [0.29, 0.717) is 0 Å². The minimum absolute atomic E-state index is 0.195. The Balaban J connectivity index is 1.86. The van der Waals surface area contributed by atoms with Crippen LogP contribution in [0.3, 0.4) is 0 Å². The summed E-state index contributed by atoms with van der Waals surface area (Å²) in [6, 6.07) is 14.8. The van der Waals surface area contributed by atoms with Gasteiger partial charge in [-0.15, -0.1) is 11.3 Å². The second-order valence-electron chi connectivity index (χ2n) is 4.90. The zero-order chi connectivity index (χ0) is 14.1. The van der Waals surface area contributed by atoms with Crippen LogP contribution >= 0.6 is 27.3 Å². The summed E-state index contributed by atoms with van der Waals surface area (Å²) in [5, 5.41) is 4.63. The van der Waals surface area contributed by atoms with E-state index in [2.05, 4.69) is 71.5 Å². The van der Waals surface area contributed by atoms with Gasteiger partial charge in [0, 0.05) is 10.2 Å². The molecule has 20 heavy (non-hydrogen) atoms. The molecule has 0 saturated carbocycles. The molecule has 0 amide bonds. The molecule has 0 aliphatic heterocycles. The Kier molecular flexibility index (Phi) is 3.76. The van der Waals surface area contributed by atoms with Gasteiger partial charge < -0.3 is 5.32 Å². The van der Waals surface area contributed by atoms with Crippen molar-refractivity contribution in [2.45, 2.75) is 19.9 Å². The van der Waals surface area contributed by atoms with Gasteiger partial charge in [0.2, 0.25) is 0 Å². The van der Waals surface area contributed by atoms with Gasteiger partial charge in [0.25, 0.3) is 0 Å². The predicted octanol–water partition coefficient (Wildman–Crippen LogP) is 5.54. The number of nitrogens with zero attached hydrogens (tertiary/aromatic N) is 1. The summed E-state index contributed by atoms with van der Waals surface area (Å²) in [5.74, 6) is 0. The molecule has 102 valence electrons. The maximum absolute atomic E-state index is 4.70. The molecule has 1 aromatic heterocycles. The number of para-hydroxylation sites is 1. The summed E-state index contributed by atoms with van der Waals surface area (Å²) in [7, 11) is 0. The molecule has 3 aromatic rings. The molecule has 0 aliphatic rings. The van der Waals surface area contributed by atoms with Gasteiger partial charge >= 0.3 is 0 Å². The molecule has 4 heteroatoms. The topological polar surface area (TPSA) is 24.9 Å². The van der Waals surface area contributed by atoms with Crippen LogP contribution in [0.1, 0.15) is 23.5 Å². The van der Waals surface area contributed by atoms with E-state index in [4.69, 9.17) is 4.98 Å². The van der Waals surface area contributed by atoms with E-state index in [-0.39, 0.29) is 6.04 Å². The van der Waals surface area contributed by atoms with Crippen LogP contribution in [-0.4, -0.2) is 4.98 Å². The van der Waals surface area contributed by atoms with Crippen LogP contribution in [0, 0.1) is 6.92 Å². The average Bonchev–Trinajstić information content (AvgIpc) is 2.81. The number of rotatable bonds is 3. The molecule has 3 rings (SSSR count). The summed E-state index contributed by atoms with van der Waals surface area (Å²) >= 11 is 5.28. The number of benzene rings is 2. The molecule has 0 fully saturated rings. The normalized spacial score (nSPS) is 12.6. The first-order valence-corrected chi connectivity index (χ1v) is 8.12. The lowest BCUT2D eigenvalue weighted by Gasteiger charge is -2.13. The van der Waals surface area contributed by atoms with E-state index in [9.17, 15) is 0 Å². The molecule has 0 bridgehead atoms. The Morgan fingerprint density at radius 1 is 1.20 bits per heavy atom. The van der Waals surface area contributed by atoms with Crippen molar-refractivity contribution in [3.05, 3.63) is 57.5 Å². The lowest BCUT2D eigenvalue weighted by molar-refractivity contribution is 0.874. The summed E-state index contributed by atoms with van der Waals surface area (Å²) in [6.07, 6.45) is 0. The van der Waals surface area contributed by atoms with E-state index in [1.807, 2.05) is 6.07 Å². The molecular weight excluding hydrogens is 332 g/mol. The lowest BCUT2D eigenvalue weighted by atomic mass is 10.2. The van der Waals surface area contributed by atoms with Gasteiger partial charge in [0.1, 0.15) is 5.01 Å². The summed E-state index contributed by atoms with van der Waals surface area (Å²) < 4.78 is 2.33. The molecular formula is C16H15BrN2S. The zero-order valence-electron chi connectivity index (χ0n) is 11.4. The van der Waals surface area contributed by atoms with Crippen LogP contribution in [0.5, 0.6) is 0 Å². The number of thiazole rings is 1. The van der Waals surface area contributed by atoms with Gasteiger partial charge in [-0.3, -0.25) is 0 Å². The van der Waals surface area contributed by atoms with Crippen molar-refractivity contribution < 1.29 is 0 Å². The van der Waals surface area contributed by atoms with Gasteiger partial charge in [0.15, 0.2) is 0 Å². The third kappa shape index (κ3) is 2.86. The summed E-state index contributed by atoms with van der Waals surface area (Å²) in [5.41, 5.74) is 3.42. The number of fused-ring (bicyclic) bond motifs is 1. The Morgan fingerprint density at radius 3 is 2.75 bits per heavy atom. The van der Waals surface area contributed by atoms with E-state index < -0.39 is 0 Å². The molecule has 1 heterocycles. The zero-order valence-corrected chi connectivity index (χ0v) is 13.8. The van der Waals surface area contributed by atoms with Crippen LogP contribution < -0.4 is 5.32 Å². The van der Waals surface area contributed by atoms with Crippen molar-refractivity contribution in [1.29, 1.82) is 0 Å². The molecule has 0 aliphatic carbocycles. The fraction of sp³-hybridized carbons (Fsp3) is 0.188. The molecule has 0 radical (unpaired) electrons. The Hall–Kier alpha value is -1.39. The number of nitrogens with one attached hydrogen (secondary N) is 1. The highest BCUT2D eigenvalue weighted by atomic mass is 79.9. The van der Waals surface area contributed by atoms with Gasteiger partial charge in [-0.1, -0.05) is 28.1 Å². The van der Waals surface area contributed by atoms with E-state index in [1.165, 1.54) is 10.3 Å². The van der Waals surface area contributed by atoms with Crippen molar-refractivity contribution in [1.82, 2.24) is 4.98 Å². The number of aromatic nitrogens is 1. The van der Waals surface area contributed by atoms with Gasteiger partial charge in [0.05, 0.1) is 16.3 Å². The molecule has 2 nitrogen and oxygen atoms in total. The van der Waals surface area contributed by atoms with Gasteiger partial charge in [-0.25, -0.2) is 4.98 Å². The van der Waals surface area contributed by atoms with Crippen molar-refractivity contribution in [3.8, 4) is 0 Å². The maximum Gasteiger partial charge on any atom is 0.116 e. The summed E-state index contributed by atoms with van der Waals surface area (Å²) in [4.78, 5) is 4.70. The monoisotopic (exact) mass is 346 g/mol. The third-order valence-corrected chi connectivity index (χ3v) is 4.78.